The first-order chi connectivity index (χ1) is 10.2. The van der Waals surface area contributed by atoms with Gasteiger partial charge in [0.1, 0.15) is 0 Å². The SMILES string of the molecule is CC(=O)N[C@@H](CC(C)C)[C@@H]1CC=C(C(=O)O)C[C@H]1N=C(N)N.Cl. The molecule has 6 N–H and O–H groups in total. The van der Waals surface area contributed by atoms with Crippen LogP contribution in [0.1, 0.15) is 40.0 Å². The summed E-state index contributed by atoms with van der Waals surface area (Å²) in [4.78, 5) is 26.8. The van der Waals surface area contributed by atoms with Crippen molar-refractivity contribution in [2.75, 3.05) is 0 Å². The molecule has 3 atom stereocenters. The Morgan fingerprint density at radius 1 is 1.43 bits per heavy atom. The van der Waals surface area contributed by atoms with E-state index in [0.29, 0.717) is 17.9 Å². The highest BCUT2D eigenvalue weighted by molar-refractivity contribution is 5.87. The van der Waals surface area contributed by atoms with Crippen molar-refractivity contribution >= 4 is 30.2 Å². The monoisotopic (exact) mass is 346 g/mol. The zero-order valence-electron chi connectivity index (χ0n) is 13.8. The smallest absolute Gasteiger partial charge is 0.331 e. The molecule has 0 bridgehead atoms. The van der Waals surface area contributed by atoms with E-state index in [0.717, 1.165) is 6.42 Å². The van der Waals surface area contributed by atoms with Crippen molar-refractivity contribution in [3.8, 4) is 0 Å². The summed E-state index contributed by atoms with van der Waals surface area (Å²) < 4.78 is 0. The van der Waals surface area contributed by atoms with Crippen LogP contribution in [0.3, 0.4) is 0 Å². The molecule has 1 aliphatic carbocycles. The second-order valence-corrected chi connectivity index (χ2v) is 6.20. The van der Waals surface area contributed by atoms with Crippen LogP contribution in [0.2, 0.25) is 0 Å². The van der Waals surface area contributed by atoms with Gasteiger partial charge in [0.05, 0.1) is 6.04 Å². The van der Waals surface area contributed by atoms with E-state index in [1.165, 1.54) is 6.92 Å². The molecule has 0 heterocycles. The number of amides is 1. The predicted octanol–water partition coefficient (Wildman–Crippen LogP) is 1.02. The molecule has 0 aromatic rings. The van der Waals surface area contributed by atoms with Crippen molar-refractivity contribution in [3.63, 3.8) is 0 Å². The topological polar surface area (TPSA) is 131 Å². The second-order valence-electron chi connectivity index (χ2n) is 6.20. The normalized spacial score (nSPS) is 21.7. The Balaban J connectivity index is 0.00000484. The zero-order valence-corrected chi connectivity index (χ0v) is 14.6. The number of rotatable bonds is 6. The number of carboxylic acids is 1. The molecule has 0 aromatic heterocycles. The van der Waals surface area contributed by atoms with Gasteiger partial charge in [-0.3, -0.25) is 4.79 Å². The molecule has 0 saturated heterocycles. The Morgan fingerprint density at radius 2 is 2.04 bits per heavy atom. The quantitative estimate of drug-likeness (QED) is 0.421. The van der Waals surface area contributed by atoms with Crippen molar-refractivity contribution in [2.45, 2.75) is 52.1 Å². The Morgan fingerprint density at radius 3 is 2.48 bits per heavy atom. The fraction of sp³-hybridized carbons (Fsp3) is 0.667. The lowest BCUT2D eigenvalue weighted by Gasteiger charge is -2.35. The molecular formula is C15H27ClN4O3. The van der Waals surface area contributed by atoms with Gasteiger partial charge in [0.15, 0.2) is 5.96 Å². The highest BCUT2D eigenvalue weighted by Crippen LogP contribution is 2.31. The van der Waals surface area contributed by atoms with Crippen LogP contribution in [0.25, 0.3) is 0 Å². The first-order valence-corrected chi connectivity index (χ1v) is 7.48. The fourth-order valence-corrected chi connectivity index (χ4v) is 2.95. The van der Waals surface area contributed by atoms with Crippen LogP contribution < -0.4 is 16.8 Å². The fourth-order valence-electron chi connectivity index (χ4n) is 2.95. The molecule has 7 nitrogen and oxygen atoms in total. The number of nitrogens with zero attached hydrogens (tertiary/aromatic N) is 1. The van der Waals surface area contributed by atoms with Crippen LogP contribution in [0.15, 0.2) is 16.6 Å². The summed E-state index contributed by atoms with van der Waals surface area (Å²) in [5, 5.41) is 12.1. The summed E-state index contributed by atoms with van der Waals surface area (Å²) in [6.07, 6.45) is 3.30. The molecule has 0 unspecified atom stereocenters. The average Bonchev–Trinajstić information content (AvgIpc) is 2.35. The number of guanidine groups is 1. The van der Waals surface area contributed by atoms with Crippen molar-refractivity contribution in [1.29, 1.82) is 0 Å². The standard InChI is InChI=1S/C15H26N4O3.ClH/c1-8(2)6-12(18-9(3)20)11-5-4-10(14(21)22)7-13(11)19-15(16)17;/h4,8,11-13H,5-7H2,1-3H3,(H,18,20)(H,21,22)(H4,16,17,19);1H/t11-,12-,13+;/m0./s1. The summed E-state index contributed by atoms with van der Waals surface area (Å²) in [5.74, 6) is -0.748. The third-order valence-corrected chi connectivity index (χ3v) is 3.78. The van der Waals surface area contributed by atoms with E-state index in [4.69, 9.17) is 16.6 Å². The first kappa shape index (κ1) is 21.2. The van der Waals surface area contributed by atoms with Crippen LogP contribution in [0.4, 0.5) is 0 Å². The number of nitrogens with one attached hydrogen (secondary N) is 1. The third kappa shape index (κ3) is 6.90. The maximum atomic E-state index is 11.5. The first-order valence-electron chi connectivity index (χ1n) is 7.48. The number of aliphatic imine (C=N–C) groups is 1. The maximum Gasteiger partial charge on any atom is 0.331 e. The highest BCUT2D eigenvalue weighted by Gasteiger charge is 2.34. The lowest BCUT2D eigenvalue weighted by atomic mass is 9.78. The maximum absolute atomic E-state index is 11.5. The van der Waals surface area contributed by atoms with Gasteiger partial charge in [-0.05, 0) is 18.8 Å². The molecule has 1 amide bonds. The minimum absolute atomic E-state index is 0. The van der Waals surface area contributed by atoms with Gasteiger partial charge in [-0.15, -0.1) is 12.4 Å². The number of carboxylic acid groups (broad SMARTS) is 1. The zero-order chi connectivity index (χ0) is 16.9. The number of carbonyl (C=O) groups excluding carboxylic acids is 1. The molecule has 0 spiro atoms. The molecule has 0 fully saturated rings. The van der Waals surface area contributed by atoms with Gasteiger partial charge in [-0.2, -0.15) is 0 Å². The van der Waals surface area contributed by atoms with Gasteiger partial charge in [-0.1, -0.05) is 19.9 Å². The van der Waals surface area contributed by atoms with Gasteiger partial charge in [0, 0.05) is 30.9 Å². The van der Waals surface area contributed by atoms with Crippen LogP contribution in [0.5, 0.6) is 0 Å². The predicted molar refractivity (Wildman–Crippen MR) is 92.3 cm³/mol. The van der Waals surface area contributed by atoms with Crippen molar-refractivity contribution in [2.24, 2.45) is 28.3 Å². The molecule has 1 rings (SSSR count). The van der Waals surface area contributed by atoms with Crippen LogP contribution >= 0.6 is 12.4 Å². The van der Waals surface area contributed by atoms with Gasteiger partial charge in [-0.25, -0.2) is 9.79 Å². The van der Waals surface area contributed by atoms with Gasteiger partial charge in [0.2, 0.25) is 5.91 Å². The Hall–Kier alpha value is -1.76. The molecule has 0 aliphatic heterocycles. The third-order valence-electron chi connectivity index (χ3n) is 3.78. The number of carbonyl (C=O) groups is 2. The molecule has 23 heavy (non-hydrogen) atoms. The minimum atomic E-state index is -0.950. The van der Waals surface area contributed by atoms with Crippen LogP contribution in [-0.4, -0.2) is 35.0 Å². The summed E-state index contributed by atoms with van der Waals surface area (Å²) in [7, 11) is 0. The van der Waals surface area contributed by atoms with E-state index < -0.39 is 5.97 Å². The number of aliphatic carboxylic acids is 1. The molecule has 8 heteroatoms. The van der Waals surface area contributed by atoms with Gasteiger partial charge < -0.3 is 21.9 Å². The van der Waals surface area contributed by atoms with E-state index in [2.05, 4.69) is 24.2 Å². The number of hydrogen-bond donors (Lipinski definition) is 4. The lowest BCUT2D eigenvalue weighted by molar-refractivity contribution is -0.133. The summed E-state index contributed by atoms with van der Waals surface area (Å²) >= 11 is 0. The Kier molecular flexibility index (Phi) is 8.68. The number of nitrogens with two attached hydrogens (primary N) is 2. The number of allylic oxidation sites excluding steroid dienone is 1. The summed E-state index contributed by atoms with van der Waals surface area (Å²) in [6, 6.07) is -0.422. The van der Waals surface area contributed by atoms with Crippen molar-refractivity contribution in [3.05, 3.63) is 11.6 Å². The molecule has 0 saturated carbocycles. The number of hydrogen-bond acceptors (Lipinski definition) is 3. The average molecular weight is 347 g/mol. The summed E-state index contributed by atoms with van der Waals surface area (Å²) in [6.45, 7) is 5.63. The Labute approximate surface area is 143 Å². The van der Waals surface area contributed by atoms with Crippen molar-refractivity contribution < 1.29 is 14.7 Å². The van der Waals surface area contributed by atoms with Crippen LogP contribution in [-0.2, 0) is 9.59 Å². The van der Waals surface area contributed by atoms with E-state index in [-0.39, 0.29) is 48.7 Å². The Bertz CT molecular complexity index is 487. The number of halogens is 1. The van der Waals surface area contributed by atoms with Gasteiger partial charge >= 0.3 is 5.97 Å². The summed E-state index contributed by atoms with van der Waals surface area (Å²) in [5.41, 5.74) is 11.3. The van der Waals surface area contributed by atoms with Crippen LogP contribution in [0, 0.1) is 11.8 Å². The largest absolute Gasteiger partial charge is 0.478 e. The van der Waals surface area contributed by atoms with E-state index in [9.17, 15) is 9.59 Å². The second kappa shape index (κ2) is 9.39. The van der Waals surface area contributed by atoms with Crippen molar-refractivity contribution in [1.82, 2.24) is 5.32 Å². The van der Waals surface area contributed by atoms with E-state index in [1.807, 2.05) is 0 Å². The molecular weight excluding hydrogens is 320 g/mol. The molecule has 0 aromatic carbocycles. The van der Waals surface area contributed by atoms with E-state index >= 15 is 0 Å². The minimum Gasteiger partial charge on any atom is -0.478 e. The molecule has 0 radical (unpaired) electrons. The molecule has 132 valence electrons. The lowest BCUT2D eigenvalue weighted by Crippen LogP contribution is -2.46. The molecule has 1 aliphatic rings. The highest BCUT2D eigenvalue weighted by atomic mass is 35.5. The van der Waals surface area contributed by atoms with Gasteiger partial charge in [0.25, 0.3) is 0 Å². The van der Waals surface area contributed by atoms with E-state index in [1.54, 1.807) is 6.08 Å².